The van der Waals surface area contributed by atoms with E-state index in [4.69, 9.17) is 88.0 Å². The summed E-state index contributed by atoms with van der Waals surface area (Å²) in [6, 6.07) is 45.7. The largest absolute Gasteiger partial charge is 0.497 e. The Bertz CT molecular complexity index is 5050. The molecule has 11 aromatic rings. The fourth-order valence-corrected chi connectivity index (χ4v) is 11.3. The molecule has 1 unspecified atom stereocenters. The molecule has 1 saturated heterocycles. The topological polar surface area (TPSA) is 438 Å². The number of methoxy groups -OCH3 is 1. The van der Waals surface area contributed by atoms with Crippen molar-refractivity contribution in [3.63, 3.8) is 0 Å². The molecule has 0 amide bonds. The summed E-state index contributed by atoms with van der Waals surface area (Å²) in [5.41, 5.74) is 34.3. The molecular weight excluding hydrogens is 1620 g/mol. The number of aromatic amines is 2. The van der Waals surface area contributed by atoms with Gasteiger partial charge in [-0.1, -0.05) is 12.1 Å². The molecule has 1 aliphatic heterocycles. The Morgan fingerprint density at radius 3 is 1.33 bits per heavy atom. The molecule has 0 bridgehead atoms. The molecule has 3 saturated carbocycles. The van der Waals surface area contributed by atoms with Crippen LogP contribution in [0.2, 0.25) is 0 Å². The van der Waals surface area contributed by atoms with E-state index in [0.29, 0.717) is 173 Å². The first-order valence-electron chi connectivity index (χ1n) is 39.7. The van der Waals surface area contributed by atoms with Gasteiger partial charge in [-0.2, -0.15) is 25.0 Å². The van der Waals surface area contributed by atoms with E-state index in [-0.39, 0.29) is 84.2 Å². The summed E-state index contributed by atoms with van der Waals surface area (Å²) < 4.78 is 109. The average molecular weight is 1720 g/mol. The van der Waals surface area contributed by atoms with E-state index in [0.717, 1.165) is 89.8 Å². The standard InChI is InChI=1S/C23H26FN5O2.C17H22FN5O2.C15H18ClFN4O2.C15H18FN5O.C15H17FN4O2/c1-30-20-8-2-16(3-9-20)14-29-23(26-19-6-7-19)27-22(28-29)18-4-10-21(11-5-18)31-15-17(12-24)13-25;1-22-17(23-6-8-24-9-7-23)20-16(21-22)14-2-4-15(5-3-14)25-12-13(10-18)11-19;16-5-12(8-22)15-19-14(20-21-15)11-1-3-13(4-2-11)23-9-10(6-17)7-18;16-7-10(8-17)9-22-13-5-1-11(2-6-13)14-19-15(21-20-14)18-12-3-4-12;16-7-10(8-17)9-21-13-5-1-11(2-6-13)14-19-15(20-22-14)18-12-3-4-12/h2-5,8-12,19H,6-7,13-15,25H2,1H3,(H,26,27,28);2-5,10H,6-9,11-12,19H2,1H3;1-4,6,12,22H,5,7-9,18H2,(H,19,20,21);1-2,5-7,12H,3-4,8-9,17H2,(H2,18,19,20,21);1-2,5-7,12H,3-4,8-9,17H2,(H,18,20)/b17-12+;13-10+;10-6+;2*10-7+. The van der Waals surface area contributed by atoms with Crippen molar-refractivity contribution in [2.75, 3.05) is 133 Å². The number of benzene rings is 6. The molecule has 3 aliphatic carbocycles. The SMILES string of the molecule is COc1ccc(Cn2nc(-c3ccc(OC/C(=C/F)CN)cc3)nc2NC2CC2)cc1.Cn1nc(-c2ccc(OC/C(=C/F)CN)cc2)nc1N1CCOCC1.NC/C(=C\F)COc1ccc(-c2n[nH]c(C(CO)CCl)n2)cc1.NC/C(=C\F)COc1ccc(-c2nc(NC3CC3)n[nH]2)cc1.NC/C(=C\F)COc1ccc(-c2nc(NC3CC3)no2)cc1. The fourth-order valence-electron chi connectivity index (χ4n) is 11.1. The number of anilines is 4. The third-order valence-electron chi connectivity index (χ3n) is 18.9. The summed E-state index contributed by atoms with van der Waals surface area (Å²) >= 11 is 5.76. The maximum Gasteiger partial charge on any atom is 0.263 e. The van der Waals surface area contributed by atoms with Gasteiger partial charge in [0.2, 0.25) is 17.8 Å². The molecule has 16 N–H and O–H groups in total. The van der Waals surface area contributed by atoms with Crippen molar-refractivity contribution >= 4 is 35.4 Å². The highest BCUT2D eigenvalue weighted by Gasteiger charge is 2.27. The van der Waals surface area contributed by atoms with Crippen LogP contribution >= 0.6 is 11.6 Å². The van der Waals surface area contributed by atoms with Gasteiger partial charge in [-0.3, -0.25) is 10.2 Å². The van der Waals surface area contributed by atoms with Crippen LogP contribution in [0, 0.1) is 0 Å². The molecule has 4 aliphatic rings. The van der Waals surface area contributed by atoms with Gasteiger partial charge in [-0.15, -0.1) is 26.9 Å². The van der Waals surface area contributed by atoms with Crippen LogP contribution in [0.5, 0.6) is 34.5 Å². The van der Waals surface area contributed by atoms with Crippen LogP contribution in [-0.4, -0.2) is 205 Å². The van der Waals surface area contributed by atoms with Crippen molar-refractivity contribution in [3.05, 3.63) is 216 Å². The average Bonchev–Trinajstić information content (AvgIpc) is 1.66. The van der Waals surface area contributed by atoms with Gasteiger partial charge in [0.15, 0.2) is 23.3 Å². The predicted octanol–water partition coefficient (Wildman–Crippen LogP) is 12.0. The second-order valence-corrected chi connectivity index (χ2v) is 28.7. The first kappa shape index (κ1) is 91.1. The molecule has 15 rings (SSSR count). The van der Waals surface area contributed by atoms with Crippen molar-refractivity contribution in [2.45, 2.75) is 69.1 Å². The third kappa shape index (κ3) is 28.5. The first-order chi connectivity index (χ1) is 60.2. The number of morpholine rings is 1. The number of alkyl halides is 1. The summed E-state index contributed by atoms with van der Waals surface area (Å²) in [5, 5.41) is 46.1. The zero-order chi connectivity index (χ0) is 86.7. The number of ether oxygens (including phenoxy) is 7. The van der Waals surface area contributed by atoms with Gasteiger partial charge in [0, 0.05) is 133 Å². The molecule has 5 aromatic heterocycles. The van der Waals surface area contributed by atoms with Crippen LogP contribution in [0.4, 0.5) is 45.7 Å². The smallest absolute Gasteiger partial charge is 0.263 e. The monoisotopic (exact) mass is 1720 g/mol. The summed E-state index contributed by atoms with van der Waals surface area (Å²) in [4.78, 5) is 24.5. The Hall–Kier alpha value is -12.6. The number of nitrogens with zero attached hydrogens (tertiary/aromatic N) is 13. The Balaban J connectivity index is 0.000000151. The predicted molar refractivity (Wildman–Crippen MR) is 460 cm³/mol. The first-order valence-corrected chi connectivity index (χ1v) is 40.2. The Morgan fingerprint density at radius 1 is 0.496 bits per heavy atom. The minimum atomic E-state index is -0.275. The second-order valence-electron chi connectivity index (χ2n) is 28.4. The van der Waals surface area contributed by atoms with Crippen LogP contribution in [0.3, 0.4) is 0 Å². The lowest BCUT2D eigenvalue weighted by Crippen LogP contribution is -2.37. The number of aliphatic hydroxyl groups is 1. The molecule has 32 nitrogen and oxygen atoms in total. The van der Waals surface area contributed by atoms with Crippen LogP contribution in [-0.2, 0) is 18.3 Å². The third-order valence-corrected chi connectivity index (χ3v) is 19.3. The number of aromatic nitrogens is 14. The van der Waals surface area contributed by atoms with Gasteiger partial charge in [0.25, 0.3) is 11.8 Å². The van der Waals surface area contributed by atoms with Crippen LogP contribution in [0.25, 0.3) is 57.0 Å². The highest BCUT2D eigenvalue weighted by molar-refractivity contribution is 6.18. The maximum atomic E-state index is 12.6. The minimum Gasteiger partial charge on any atom is -0.497 e. The summed E-state index contributed by atoms with van der Waals surface area (Å²) in [6.07, 6.45) is 9.33. The van der Waals surface area contributed by atoms with Crippen molar-refractivity contribution in [1.82, 2.24) is 70.0 Å². The summed E-state index contributed by atoms with van der Waals surface area (Å²) in [6.45, 7) is 4.80. The molecule has 0 radical (unpaired) electrons. The Labute approximate surface area is 712 Å². The minimum absolute atomic E-state index is 0.101. The van der Waals surface area contributed by atoms with Crippen molar-refractivity contribution in [2.24, 2.45) is 35.7 Å². The molecule has 6 aromatic carbocycles. The van der Waals surface area contributed by atoms with E-state index in [2.05, 4.69) is 71.4 Å². The van der Waals surface area contributed by atoms with E-state index in [9.17, 15) is 27.1 Å². The number of rotatable bonds is 38. The van der Waals surface area contributed by atoms with Gasteiger partial charge in [-0.25, -0.2) is 36.3 Å². The molecule has 38 heteroatoms. The lowest BCUT2D eigenvalue weighted by atomic mass is 10.2. The molecule has 4 fully saturated rings. The fraction of sp³-hybridized carbons (Fsp3) is 0.341. The maximum absolute atomic E-state index is 12.6. The van der Waals surface area contributed by atoms with E-state index in [1.807, 2.05) is 109 Å². The number of nitrogens with two attached hydrogens (primary N) is 5. The second kappa shape index (κ2) is 47.5. The van der Waals surface area contributed by atoms with E-state index < -0.39 is 0 Å². The van der Waals surface area contributed by atoms with Gasteiger partial charge >= 0.3 is 0 Å². The summed E-state index contributed by atoms with van der Waals surface area (Å²) in [5.74, 6) is 10.1. The van der Waals surface area contributed by atoms with Crippen LogP contribution in [0.15, 0.2) is 210 Å². The van der Waals surface area contributed by atoms with Gasteiger partial charge in [-0.05, 0) is 183 Å². The summed E-state index contributed by atoms with van der Waals surface area (Å²) in [7, 11) is 3.54. The van der Waals surface area contributed by atoms with Gasteiger partial charge in [0.05, 0.1) is 71.0 Å². The molecule has 1 atom stereocenters. The number of hydrogen-bond acceptors (Lipinski definition) is 28. The number of halogens is 6. The van der Waals surface area contributed by atoms with E-state index in [1.165, 1.54) is 12.8 Å². The highest BCUT2D eigenvalue weighted by atomic mass is 35.5. The highest BCUT2D eigenvalue weighted by Crippen LogP contribution is 2.32. The van der Waals surface area contributed by atoms with Crippen molar-refractivity contribution < 1.29 is 64.7 Å². The van der Waals surface area contributed by atoms with Crippen LogP contribution < -0.4 is 77.9 Å². The van der Waals surface area contributed by atoms with E-state index >= 15 is 0 Å². The molecule has 0 spiro atoms. The van der Waals surface area contributed by atoms with Crippen molar-refractivity contribution in [1.29, 1.82) is 0 Å². The number of hydrogen-bond donors (Lipinski definition) is 11. The lowest BCUT2D eigenvalue weighted by Gasteiger charge is -2.26. The number of aryl methyl sites for hydroxylation is 1. The Morgan fingerprint density at radius 2 is 0.911 bits per heavy atom. The van der Waals surface area contributed by atoms with E-state index in [1.54, 1.807) is 60.3 Å². The number of H-pyrrole nitrogens is 2. The number of nitrogens with one attached hydrogen (secondary N) is 5. The molecular formula is C85H101ClF5N23O9. The van der Waals surface area contributed by atoms with Crippen LogP contribution in [0.1, 0.15) is 55.8 Å². The zero-order valence-corrected chi connectivity index (χ0v) is 68.8. The molecule has 6 heterocycles. The molecule has 123 heavy (non-hydrogen) atoms. The lowest BCUT2D eigenvalue weighted by molar-refractivity contribution is 0.121. The number of aliphatic hydroxyl groups excluding tert-OH is 1. The van der Waals surface area contributed by atoms with Crippen molar-refractivity contribution in [3.8, 4) is 91.5 Å². The normalized spacial score (nSPS) is 14.4. The molecule has 652 valence electrons. The van der Waals surface area contributed by atoms with Gasteiger partial charge in [0.1, 0.15) is 73.4 Å². The quantitative estimate of drug-likeness (QED) is 0.0126. The zero-order valence-electron chi connectivity index (χ0n) is 68.0. The Kier molecular flexibility index (Phi) is 35.2. The van der Waals surface area contributed by atoms with Gasteiger partial charge < -0.3 is 92.3 Å².